The van der Waals surface area contributed by atoms with Crippen molar-refractivity contribution in [3.8, 4) is 0 Å². The molecule has 0 bridgehead atoms. The van der Waals surface area contributed by atoms with Crippen LogP contribution in [0, 0.1) is 5.92 Å². The lowest BCUT2D eigenvalue weighted by Gasteiger charge is -2.21. The summed E-state index contributed by atoms with van der Waals surface area (Å²) in [6.07, 6.45) is 1.50. The predicted molar refractivity (Wildman–Crippen MR) is 73.0 cm³/mol. The standard InChI is InChI=1S/C12H16N4O3S/c1-8(17)15-2-3-16(6-9(5-15)11(13)18)12(19)10-4-14-7-20-10/h4,7,9H,2-3,5-6H2,1H3,(H2,13,18)/t9-/m1/s1. The molecule has 108 valence electrons. The topological polar surface area (TPSA) is 96.6 Å². The van der Waals surface area contributed by atoms with Crippen LogP contribution < -0.4 is 5.73 Å². The Balaban J connectivity index is 2.16. The summed E-state index contributed by atoms with van der Waals surface area (Å²) in [7, 11) is 0. The van der Waals surface area contributed by atoms with E-state index in [1.54, 1.807) is 15.3 Å². The number of carbonyl (C=O) groups is 3. The van der Waals surface area contributed by atoms with E-state index in [9.17, 15) is 14.4 Å². The van der Waals surface area contributed by atoms with Crippen molar-refractivity contribution >= 4 is 29.1 Å². The Hall–Kier alpha value is -1.96. The third kappa shape index (κ3) is 3.13. The Bertz CT molecular complexity index is 517. The van der Waals surface area contributed by atoms with E-state index in [2.05, 4.69) is 4.98 Å². The number of amides is 3. The van der Waals surface area contributed by atoms with Crippen molar-refractivity contribution in [1.82, 2.24) is 14.8 Å². The van der Waals surface area contributed by atoms with Gasteiger partial charge < -0.3 is 15.5 Å². The van der Waals surface area contributed by atoms with E-state index in [0.717, 1.165) is 0 Å². The number of thiazole rings is 1. The lowest BCUT2D eigenvalue weighted by Crippen LogP contribution is -2.40. The highest BCUT2D eigenvalue weighted by Gasteiger charge is 2.30. The van der Waals surface area contributed by atoms with Crippen molar-refractivity contribution in [1.29, 1.82) is 0 Å². The maximum atomic E-state index is 12.3. The second kappa shape index (κ2) is 6.00. The van der Waals surface area contributed by atoms with Gasteiger partial charge in [0, 0.05) is 33.1 Å². The van der Waals surface area contributed by atoms with Crippen LogP contribution in [-0.4, -0.2) is 58.7 Å². The monoisotopic (exact) mass is 296 g/mol. The zero-order chi connectivity index (χ0) is 14.7. The van der Waals surface area contributed by atoms with Crippen LogP contribution in [-0.2, 0) is 9.59 Å². The highest BCUT2D eigenvalue weighted by Crippen LogP contribution is 2.15. The van der Waals surface area contributed by atoms with Gasteiger partial charge in [0.2, 0.25) is 11.8 Å². The van der Waals surface area contributed by atoms with Gasteiger partial charge in [0.25, 0.3) is 5.91 Å². The van der Waals surface area contributed by atoms with Crippen molar-refractivity contribution in [2.24, 2.45) is 11.7 Å². The second-order valence-corrected chi connectivity index (χ2v) is 5.57. The van der Waals surface area contributed by atoms with Crippen LogP contribution in [0.5, 0.6) is 0 Å². The summed E-state index contributed by atoms with van der Waals surface area (Å²) in [6.45, 7) is 2.73. The van der Waals surface area contributed by atoms with Gasteiger partial charge in [-0.2, -0.15) is 0 Å². The van der Waals surface area contributed by atoms with Crippen LogP contribution in [0.2, 0.25) is 0 Å². The molecule has 7 nitrogen and oxygen atoms in total. The zero-order valence-electron chi connectivity index (χ0n) is 11.1. The van der Waals surface area contributed by atoms with E-state index >= 15 is 0 Å². The first-order valence-electron chi connectivity index (χ1n) is 6.21. The quantitative estimate of drug-likeness (QED) is 0.799. The molecule has 2 N–H and O–H groups in total. The molecule has 8 heteroatoms. The molecule has 0 radical (unpaired) electrons. The number of aromatic nitrogens is 1. The van der Waals surface area contributed by atoms with Gasteiger partial charge in [0.05, 0.1) is 17.6 Å². The SMILES string of the molecule is CC(=O)N1CCN(C(=O)c2cncs2)C[C@H](C(N)=O)C1. The van der Waals surface area contributed by atoms with Crippen molar-refractivity contribution in [3.05, 3.63) is 16.6 Å². The molecule has 1 aromatic heterocycles. The highest BCUT2D eigenvalue weighted by atomic mass is 32.1. The first-order valence-corrected chi connectivity index (χ1v) is 7.09. The number of hydrogen-bond acceptors (Lipinski definition) is 5. The molecule has 1 aliphatic heterocycles. The maximum Gasteiger partial charge on any atom is 0.265 e. The van der Waals surface area contributed by atoms with Crippen LogP contribution in [0.25, 0.3) is 0 Å². The number of nitrogens with zero attached hydrogens (tertiary/aromatic N) is 3. The summed E-state index contributed by atoms with van der Waals surface area (Å²) in [6, 6.07) is 0. The van der Waals surface area contributed by atoms with Crippen LogP contribution in [0.4, 0.5) is 0 Å². The summed E-state index contributed by atoms with van der Waals surface area (Å²) in [5.41, 5.74) is 6.94. The first-order chi connectivity index (χ1) is 9.49. The van der Waals surface area contributed by atoms with Gasteiger partial charge in [0.15, 0.2) is 0 Å². The Kier molecular flexibility index (Phi) is 4.33. The summed E-state index contributed by atoms with van der Waals surface area (Å²) in [5, 5.41) is 0. The molecule has 0 aliphatic carbocycles. The number of rotatable bonds is 2. The van der Waals surface area contributed by atoms with Crippen molar-refractivity contribution in [2.75, 3.05) is 26.2 Å². The highest BCUT2D eigenvalue weighted by molar-refractivity contribution is 7.11. The Morgan fingerprint density at radius 2 is 1.95 bits per heavy atom. The van der Waals surface area contributed by atoms with E-state index < -0.39 is 11.8 Å². The minimum atomic E-state index is -0.543. The van der Waals surface area contributed by atoms with Crippen molar-refractivity contribution in [3.63, 3.8) is 0 Å². The molecule has 1 aliphatic rings. The molecular weight excluding hydrogens is 280 g/mol. The summed E-state index contributed by atoms with van der Waals surface area (Å²) < 4.78 is 0. The summed E-state index contributed by atoms with van der Waals surface area (Å²) >= 11 is 1.25. The molecule has 0 spiro atoms. The van der Waals surface area contributed by atoms with Gasteiger partial charge in [-0.25, -0.2) is 0 Å². The van der Waals surface area contributed by atoms with E-state index in [1.165, 1.54) is 24.5 Å². The Morgan fingerprint density at radius 1 is 1.30 bits per heavy atom. The summed E-state index contributed by atoms with van der Waals surface area (Å²) in [4.78, 5) is 42.8. The Morgan fingerprint density at radius 3 is 2.50 bits per heavy atom. The van der Waals surface area contributed by atoms with Gasteiger partial charge in [-0.05, 0) is 0 Å². The molecule has 0 unspecified atom stereocenters. The number of primary amides is 1. The largest absolute Gasteiger partial charge is 0.369 e. The minimum Gasteiger partial charge on any atom is -0.369 e. The van der Waals surface area contributed by atoms with Crippen LogP contribution in [0.1, 0.15) is 16.6 Å². The molecule has 3 amide bonds. The smallest absolute Gasteiger partial charge is 0.265 e. The third-order valence-corrected chi connectivity index (χ3v) is 4.06. The van der Waals surface area contributed by atoms with E-state index in [1.807, 2.05) is 0 Å². The average Bonchev–Trinajstić information content (AvgIpc) is 2.82. The molecule has 1 aromatic rings. The maximum absolute atomic E-state index is 12.3. The van der Waals surface area contributed by atoms with Crippen molar-refractivity contribution < 1.29 is 14.4 Å². The lowest BCUT2D eigenvalue weighted by atomic mass is 10.1. The van der Waals surface area contributed by atoms with Crippen LogP contribution >= 0.6 is 11.3 Å². The molecule has 20 heavy (non-hydrogen) atoms. The molecule has 1 saturated heterocycles. The van der Waals surface area contributed by atoms with Gasteiger partial charge in [-0.3, -0.25) is 19.4 Å². The predicted octanol–water partition coefficient (Wildman–Crippen LogP) is -0.451. The number of carbonyl (C=O) groups excluding carboxylic acids is 3. The molecule has 1 atom stereocenters. The number of hydrogen-bond donors (Lipinski definition) is 1. The second-order valence-electron chi connectivity index (χ2n) is 4.68. The summed E-state index contributed by atoms with van der Waals surface area (Å²) in [5.74, 6) is -1.34. The fourth-order valence-corrected chi connectivity index (χ4v) is 2.73. The van der Waals surface area contributed by atoms with Gasteiger partial charge in [0.1, 0.15) is 4.88 Å². The lowest BCUT2D eigenvalue weighted by molar-refractivity contribution is -0.130. The zero-order valence-corrected chi connectivity index (χ0v) is 11.9. The third-order valence-electron chi connectivity index (χ3n) is 3.30. The average molecular weight is 296 g/mol. The molecular formula is C12H16N4O3S. The van der Waals surface area contributed by atoms with Gasteiger partial charge in [-0.15, -0.1) is 11.3 Å². The van der Waals surface area contributed by atoms with E-state index in [0.29, 0.717) is 18.0 Å². The molecule has 0 aromatic carbocycles. The normalized spacial score (nSPS) is 19.6. The van der Waals surface area contributed by atoms with Crippen LogP contribution in [0.3, 0.4) is 0 Å². The fourth-order valence-electron chi connectivity index (χ4n) is 2.14. The molecule has 2 heterocycles. The molecule has 1 fully saturated rings. The first kappa shape index (κ1) is 14.4. The number of nitrogens with two attached hydrogens (primary N) is 1. The van der Waals surface area contributed by atoms with Crippen LogP contribution in [0.15, 0.2) is 11.7 Å². The fraction of sp³-hybridized carbons (Fsp3) is 0.500. The minimum absolute atomic E-state index is 0.122. The van der Waals surface area contributed by atoms with Gasteiger partial charge in [-0.1, -0.05) is 0 Å². The van der Waals surface area contributed by atoms with Gasteiger partial charge >= 0.3 is 0 Å². The van der Waals surface area contributed by atoms with E-state index in [-0.39, 0.29) is 24.9 Å². The molecule has 2 rings (SSSR count). The Labute approximate surface area is 120 Å². The molecule has 0 saturated carbocycles. The van der Waals surface area contributed by atoms with Crippen molar-refractivity contribution in [2.45, 2.75) is 6.92 Å². The van der Waals surface area contributed by atoms with E-state index in [4.69, 9.17) is 5.73 Å².